The molecule has 78 valence electrons. The molecule has 1 heteroatoms. The van der Waals surface area contributed by atoms with Crippen LogP contribution in [0.4, 0.5) is 0 Å². The summed E-state index contributed by atoms with van der Waals surface area (Å²) in [7, 11) is 0. The molecule has 0 aliphatic heterocycles. The maximum absolute atomic E-state index is 2.29. The van der Waals surface area contributed by atoms with Crippen LogP contribution in [0.3, 0.4) is 0 Å². The average molecular weight is 199 g/mol. The summed E-state index contributed by atoms with van der Waals surface area (Å²) >= 11 is 0. The molecule has 0 fully saturated rings. The lowest BCUT2D eigenvalue weighted by molar-refractivity contribution is 0.741. The van der Waals surface area contributed by atoms with Crippen LogP contribution in [0, 0.1) is 6.92 Å². The topological polar surface area (TPSA) is 4.93 Å². The molecule has 0 amide bonds. The maximum Gasteiger partial charge on any atom is 0.0193 e. The van der Waals surface area contributed by atoms with Crippen molar-refractivity contribution in [1.82, 2.24) is 4.57 Å². The summed E-state index contributed by atoms with van der Waals surface area (Å²) in [5.74, 6) is 0. The van der Waals surface area contributed by atoms with E-state index in [9.17, 15) is 0 Å². The molecule has 0 bridgehead atoms. The van der Waals surface area contributed by atoms with Crippen LogP contribution in [0.25, 0.3) is 0 Å². The second kappa shape index (κ2) is 4.35. The Kier molecular flexibility index (Phi) is 2.91. The average Bonchev–Trinajstić information content (AvgIpc) is 2.60. The number of hydrogen-bond donors (Lipinski definition) is 0. The molecule has 0 aliphatic rings. The summed E-state index contributed by atoms with van der Waals surface area (Å²) in [6.45, 7) is 5.40. The fourth-order valence-corrected chi connectivity index (χ4v) is 1.96. The predicted octanol–water partition coefficient (Wildman–Crippen LogP) is 3.41. The number of aromatic nitrogens is 1. The standard InChI is InChI=1S/C14H17N/c1-3-15-11-14(9-12(15)2)10-13-7-5-4-6-8-13/h4-9,11H,3,10H2,1-2H3. The molecule has 1 aromatic heterocycles. The van der Waals surface area contributed by atoms with Crippen molar-refractivity contribution >= 4 is 0 Å². The van der Waals surface area contributed by atoms with E-state index in [1.54, 1.807) is 0 Å². The zero-order chi connectivity index (χ0) is 10.7. The van der Waals surface area contributed by atoms with Gasteiger partial charge in [-0.3, -0.25) is 0 Å². The number of hydrogen-bond acceptors (Lipinski definition) is 0. The smallest absolute Gasteiger partial charge is 0.0193 e. The quantitative estimate of drug-likeness (QED) is 0.714. The van der Waals surface area contributed by atoms with Crippen molar-refractivity contribution < 1.29 is 0 Å². The summed E-state index contributed by atoms with van der Waals surface area (Å²) in [6.07, 6.45) is 3.29. The van der Waals surface area contributed by atoms with Gasteiger partial charge in [0.25, 0.3) is 0 Å². The summed E-state index contributed by atoms with van der Waals surface area (Å²) in [6, 6.07) is 12.9. The molecule has 1 nitrogen and oxygen atoms in total. The Morgan fingerprint density at radius 2 is 1.80 bits per heavy atom. The Labute approximate surface area is 91.4 Å². The van der Waals surface area contributed by atoms with Crippen molar-refractivity contribution in [3.05, 3.63) is 59.4 Å². The van der Waals surface area contributed by atoms with Crippen LogP contribution in [-0.4, -0.2) is 4.57 Å². The molecule has 0 N–H and O–H groups in total. The van der Waals surface area contributed by atoms with Crippen LogP contribution in [0.5, 0.6) is 0 Å². The van der Waals surface area contributed by atoms with E-state index in [-0.39, 0.29) is 0 Å². The Morgan fingerprint density at radius 1 is 1.07 bits per heavy atom. The highest BCUT2D eigenvalue weighted by molar-refractivity contribution is 5.26. The van der Waals surface area contributed by atoms with E-state index < -0.39 is 0 Å². The van der Waals surface area contributed by atoms with Crippen molar-refractivity contribution in [2.75, 3.05) is 0 Å². The predicted molar refractivity (Wildman–Crippen MR) is 64.1 cm³/mol. The van der Waals surface area contributed by atoms with E-state index in [1.165, 1.54) is 16.8 Å². The lowest BCUT2D eigenvalue weighted by atomic mass is 10.1. The highest BCUT2D eigenvalue weighted by Crippen LogP contribution is 2.12. The van der Waals surface area contributed by atoms with Gasteiger partial charge in [0.2, 0.25) is 0 Å². The molecule has 2 aromatic rings. The lowest BCUT2D eigenvalue weighted by Crippen LogP contribution is -1.93. The van der Waals surface area contributed by atoms with Gasteiger partial charge in [0.15, 0.2) is 0 Å². The molecule has 15 heavy (non-hydrogen) atoms. The van der Waals surface area contributed by atoms with Crippen molar-refractivity contribution in [3.8, 4) is 0 Å². The first-order valence-corrected chi connectivity index (χ1v) is 5.49. The molecule has 0 aliphatic carbocycles. The Bertz CT molecular complexity index is 426. The first-order valence-electron chi connectivity index (χ1n) is 5.49. The zero-order valence-electron chi connectivity index (χ0n) is 9.40. The van der Waals surface area contributed by atoms with Crippen LogP contribution in [-0.2, 0) is 13.0 Å². The van der Waals surface area contributed by atoms with Gasteiger partial charge in [0, 0.05) is 18.4 Å². The third kappa shape index (κ3) is 2.30. The first-order chi connectivity index (χ1) is 7.29. The van der Waals surface area contributed by atoms with E-state index in [2.05, 4.69) is 61.0 Å². The molecule has 0 spiro atoms. The van der Waals surface area contributed by atoms with Gasteiger partial charge >= 0.3 is 0 Å². The molecule has 0 saturated heterocycles. The number of aryl methyl sites for hydroxylation is 2. The van der Waals surface area contributed by atoms with Crippen LogP contribution in [0.15, 0.2) is 42.6 Å². The van der Waals surface area contributed by atoms with Gasteiger partial charge in [-0.05, 0) is 37.5 Å². The number of nitrogens with zero attached hydrogens (tertiary/aromatic N) is 1. The largest absolute Gasteiger partial charge is 0.352 e. The maximum atomic E-state index is 2.29. The fourth-order valence-electron chi connectivity index (χ4n) is 1.96. The van der Waals surface area contributed by atoms with Crippen molar-refractivity contribution in [3.63, 3.8) is 0 Å². The molecule has 2 rings (SSSR count). The molecular formula is C14H17N. The molecular weight excluding hydrogens is 182 g/mol. The van der Waals surface area contributed by atoms with Crippen molar-refractivity contribution in [2.45, 2.75) is 26.8 Å². The number of rotatable bonds is 3. The van der Waals surface area contributed by atoms with Crippen LogP contribution in [0.2, 0.25) is 0 Å². The Balaban J connectivity index is 2.18. The minimum atomic E-state index is 1.04. The monoisotopic (exact) mass is 199 g/mol. The summed E-state index contributed by atoms with van der Waals surface area (Å²) < 4.78 is 2.29. The van der Waals surface area contributed by atoms with Gasteiger partial charge in [-0.2, -0.15) is 0 Å². The van der Waals surface area contributed by atoms with E-state index in [0.29, 0.717) is 0 Å². The lowest BCUT2D eigenvalue weighted by Gasteiger charge is -1.99. The Hall–Kier alpha value is -1.50. The van der Waals surface area contributed by atoms with E-state index in [4.69, 9.17) is 0 Å². The zero-order valence-corrected chi connectivity index (χ0v) is 9.40. The van der Waals surface area contributed by atoms with Crippen LogP contribution >= 0.6 is 0 Å². The van der Waals surface area contributed by atoms with Crippen molar-refractivity contribution in [2.24, 2.45) is 0 Å². The van der Waals surface area contributed by atoms with Crippen LogP contribution < -0.4 is 0 Å². The molecule has 0 saturated carbocycles. The highest BCUT2D eigenvalue weighted by Gasteiger charge is 2.01. The third-order valence-electron chi connectivity index (χ3n) is 2.76. The van der Waals surface area contributed by atoms with Gasteiger partial charge < -0.3 is 4.57 Å². The summed E-state index contributed by atoms with van der Waals surface area (Å²) in [5, 5.41) is 0. The van der Waals surface area contributed by atoms with Crippen LogP contribution in [0.1, 0.15) is 23.7 Å². The number of benzene rings is 1. The highest BCUT2D eigenvalue weighted by atomic mass is 14.9. The van der Waals surface area contributed by atoms with Gasteiger partial charge in [0.1, 0.15) is 0 Å². The molecule has 1 heterocycles. The van der Waals surface area contributed by atoms with E-state index in [1.807, 2.05) is 0 Å². The third-order valence-corrected chi connectivity index (χ3v) is 2.76. The summed E-state index contributed by atoms with van der Waals surface area (Å²) in [4.78, 5) is 0. The molecule has 0 atom stereocenters. The summed E-state index contributed by atoms with van der Waals surface area (Å²) in [5.41, 5.74) is 4.13. The van der Waals surface area contributed by atoms with E-state index in [0.717, 1.165) is 13.0 Å². The van der Waals surface area contributed by atoms with Crippen molar-refractivity contribution in [1.29, 1.82) is 0 Å². The first kappa shape index (κ1) is 10.0. The van der Waals surface area contributed by atoms with Gasteiger partial charge in [0.05, 0.1) is 0 Å². The SMILES string of the molecule is CCn1cc(Cc2ccccc2)cc1C. The van der Waals surface area contributed by atoms with Gasteiger partial charge in [-0.15, -0.1) is 0 Å². The molecule has 1 aromatic carbocycles. The fraction of sp³-hybridized carbons (Fsp3) is 0.286. The molecule has 0 unspecified atom stereocenters. The van der Waals surface area contributed by atoms with E-state index >= 15 is 0 Å². The normalized spacial score (nSPS) is 10.5. The minimum Gasteiger partial charge on any atom is -0.352 e. The second-order valence-electron chi connectivity index (χ2n) is 3.94. The van der Waals surface area contributed by atoms with Gasteiger partial charge in [-0.25, -0.2) is 0 Å². The van der Waals surface area contributed by atoms with Gasteiger partial charge in [-0.1, -0.05) is 30.3 Å². The second-order valence-corrected chi connectivity index (χ2v) is 3.94. The Morgan fingerprint density at radius 3 is 2.40 bits per heavy atom. The molecule has 0 radical (unpaired) electrons. The minimum absolute atomic E-state index is 1.04.